The lowest BCUT2D eigenvalue weighted by molar-refractivity contribution is 0.168. The molecular weight excluding hydrogens is 251 g/mol. The maximum Gasteiger partial charge on any atom is 0.406 e. The number of alkyl carbamates (subject to hydrolysis) is 1. The summed E-state index contributed by atoms with van der Waals surface area (Å²) in [5.41, 5.74) is 0. The molecule has 0 aliphatic carbocycles. The van der Waals surface area contributed by atoms with Crippen LogP contribution in [0.5, 0.6) is 0 Å². The van der Waals surface area contributed by atoms with E-state index in [1.54, 1.807) is 0 Å². The molecule has 7 heteroatoms. The quantitative estimate of drug-likeness (QED) is 0.891. The Morgan fingerprint density at radius 1 is 1.47 bits per heavy atom. The molecule has 0 bridgehead atoms. The second-order valence-electron chi connectivity index (χ2n) is 4.50. The third-order valence-corrected chi connectivity index (χ3v) is 3.22. The van der Waals surface area contributed by atoms with Gasteiger partial charge in [0.25, 0.3) is 0 Å². The second-order valence-corrected chi connectivity index (χ2v) is 4.50. The number of carbonyl (C=O) groups excluding carboxylic acids is 1. The molecule has 0 aromatic carbocycles. The molecule has 0 saturated carbocycles. The van der Waals surface area contributed by atoms with Crippen LogP contribution in [0, 0.1) is 11.7 Å². The number of piperidine rings is 1. The number of anilines is 1. The maximum atomic E-state index is 12.7. The number of halogens is 1. The van der Waals surface area contributed by atoms with Crippen LogP contribution in [0.4, 0.5) is 15.1 Å². The first-order valence-corrected chi connectivity index (χ1v) is 6.23. The van der Waals surface area contributed by atoms with Crippen LogP contribution in [0.1, 0.15) is 12.8 Å². The lowest BCUT2D eigenvalue weighted by atomic mass is 9.97. The Hall–Kier alpha value is -1.92. The fourth-order valence-corrected chi connectivity index (χ4v) is 2.11. The Morgan fingerprint density at radius 3 is 2.68 bits per heavy atom. The van der Waals surface area contributed by atoms with Gasteiger partial charge >= 0.3 is 6.09 Å². The first-order chi connectivity index (χ1) is 9.19. The standard InChI is InChI=1S/C12H17FN4O2/c1-19-12(18)16-6-9-2-4-17(5-3-9)11-14-7-10(13)8-15-11/h7-9H,2-6H2,1H3,(H,16,18). The SMILES string of the molecule is COC(=O)NCC1CCN(c2ncc(F)cn2)CC1. The fourth-order valence-electron chi connectivity index (χ4n) is 2.11. The van der Waals surface area contributed by atoms with E-state index in [1.165, 1.54) is 19.5 Å². The van der Waals surface area contributed by atoms with Crippen molar-refractivity contribution in [2.24, 2.45) is 5.92 Å². The van der Waals surface area contributed by atoms with Gasteiger partial charge in [0.2, 0.25) is 5.95 Å². The highest BCUT2D eigenvalue weighted by molar-refractivity contribution is 5.66. The lowest BCUT2D eigenvalue weighted by Gasteiger charge is -2.31. The Morgan fingerprint density at radius 2 is 2.11 bits per heavy atom. The topological polar surface area (TPSA) is 67.3 Å². The molecular formula is C12H17FN4O2. The van der Waals surface area contributed by atoms with Crippen LogP contribution in [-0.4, -0.2) is 42.8 Å². The van der Waals surface area contributed by atoms with Gasteiger partial charge in [0.05, 0.1) is 19.5 Å². The molecule has 6 nitrogen and oxygen atoms in total. The molecule has 0 unspecified atom stereocenters. The van der Waals surface area contributed by atoms with Crippen LogP contribution in [-0.2, 0) is 4.74 Å². The van der Waals surface area contributed by atoms with Crippen LogP contribution in [0.3, 0.4) is 0 Å². The van der Waals surface area contributed by atoms with Gasteiger partial charge in [-0.25, -0.2) is 19.2 Å². The summed E-state index contributed by atoms with van der Waals surface area (Å²) in [6.45, 7) is 2.23. The first kappa shape index (κ1) is 13.5. The van der Waals surface area contributed by atoms with Crippen molar-refractivity contribution in [1.82, 2.24) is 15.3 Å². The number of hydrogen-bond acceptors (Lipinski definition) is 5. The minimum Gasteiger partial charge on any atom is -0.453 e. The number of rotatable bonds is 3. The fraction of sp³-hybridized carbons (Fsp3) is 0.583. The third-order valence-electron chi connectivity index (χ3n) is 3.22. The van der Waals surface area contributed by atoms with E-state index in [0.717, 1.165) is 25.9 Å². The number of hydrogen-bond donors (Lipinski definition) is 1. The number of methoxy groups -OCH3 is 1. The van der Waals surface area contributed by atoms with E-state index in [2.05, 4.69) is 20.0 Å². The summed E-state index contributed by atoms with van der Waals surface area (Å²) in [7, 11) is 1.35. The van der Waals surface area contributed by atoms with Gasteiger partial charge in [-0.2, -0.15) is 0 Å². The number of aromatic nitrogens is 2. The van der Waals surface area contributed by atoms with Gasteiger partial charge in [-0.05, 0) is 18.8 Å². The first-order valence-electron chi connectivity index (χ1n) is 6.23. The molecule has 2 heterocycles. The largest absolute Gasteiger partial charge is 0.453 e. The normalized spacial score (nSPS) is 16.2. The van der Waals surface area contributed by atoms with Gasteiger partial charge in [0, 0.05) is 19.6 Å². The second kappa shape index (κ2) is 6.31. The molecule has 2 rings (SSSR count). The lowest BCUT2D eigenvalue weighted by Crippen LogP contribution is -2.39. The van der Waals surface area contributed by atoms with Crippen LogP contribution in [0.15, 0.2) is 12.4 Å². The highest BCUT2D eigenvalue weighted by Gasteiger charge is 2.21. The molecule has 0 spiro atoms. The van der Waals surface area contributed by atoms with Gasteiger partial charge in [0.1, 0.15) is 0 Å². The Kier molecular flexibility index (Phi) is 4.48. The van der Waals surface area contributed by atoms with Crippen molar-refractivity contribution >= 4 is 12.0 Å². The number of nitrogens with zero attached hydrogens (tertiary/aromatic N) is 3. The van der Waals surface area contributed by atoms with Crippen molar-refractivity contribution in [3.8, 4) is 0 Å². The van der Waals surface area contributed by atoms with Gasteiger partial charge < -0.3 is 15.0 Å². The summed E-state index contributed by atoms with van der Waals surface area (Å²) in [5, 5.41) is 2.70. The molecule has 104 valence electrons. The molecule has 1 aromatic heterocycles. The van der Waals surface area contributed by atoms with E-state index in [9.17, 15) is 9.18 Å². The summed E-state index contributed by atoms with van der Waals surface area (Å²) in [6.07, 6.45) is 3.82. The summed E-state index contributed by atoms with van der Waals surface area (Å²) < 4.78 is 17.3. The van der Waals surface area contributed by atoms with E-state index in [-0.39, 0.29) is 0 Å². The highest BCUT2D eigenvalue weighted by atomic mass is 19.1. The van der Waals surface area contributed by atoms with Crippen molar-refractivity contribution in [2.45, 2.75) is 12.8 Å². The zero-order valence-electron chi connectivity index (χ0n) is 10.8. The molecule has 1 amide bonds. The van der Waals surface area contributed by atoms with E-state index >= 15 is 0 Å². The number of carbonyl (C=O) groups is 1. The molecule has 1 saturated heterocycles. The van der Waals surface area contributed by atoms with Crippen molar-refractivity contribution in [3.63, 3.8) is 0 Å². The Balaban J connectivity index is 1.79. The maximum absolute atomic E-state index is 12.7. The molecule has 0 atom stereocenters. The van der Waals surface area contributed by atoms with Crippen LogP contribution < -0.4 is 10.2 Å². The predicted molar refractivity (Wildman–Crippen MR) is 67.3 cm³/mol. The minimum atomic E-state index is -0.430. The van der Waals surface area contributed by atoms with Crippen molar-refractivity contribution in [1.29, 1.82) is 0 Å². The zero-order chi connectivity index (χ0) is 13.7. The molecule has 1 fully saturated rings. The number of amides is 1. The number of ether oxygens (including phenoxy) is 1. The zero-order valence-corrected chi connectivity index (χ0v) is 10.8. The molecule has 19 heavy (non-hydrogen) atoms. The minimum absolute atomic E-state index is 0.399. The molecule has 1 aliphatic rings. The average Bonchev–Trinajstić information content (AvgIpc) is 2.46. The molecule has 1 aliphatic heterocycles. The van der Waals surface area contributed by atoms with Crippen molar-refractivity contribution < 1.29 is 13.9 Å². The summed E-state index contributed by atoms with van der Waals surface area (Å²) in [4.78, 5) is 20.9. The Bertz CT molecular complexity index is 418. The summed E-state index contributed by atoms with van der Waals surface area (Å²) in [6, 6.07) is 0. The highest BCUT2D eigenvalue weighted by Crippen LogP contribution is 2.19. The third kappa shape index (κ3) is 3.77. The van der Waals surface area contributed by atoms with Crippen molar-refractivity contribution in [3.05, 3.63) is 18.2 Å². The van der Waals surface area contributed by atoms with Crippen molar-refractivity contribution in [2.75, 3.05) is 31.6 Å². The van der Waals surface area contributed by atoms with E-state index in [0.29, 0.717) is 18.4 Å². The smallest absolute Gasteiger partial charge is 0.406 e. The average molecular weight is 268 g/mol. The van der Waals surface area contributed by atoms with E-state index < -0.39 is 11.9 Å². The van der Waals surface area contributed by atoms with Gasteiger partial charge in [-0.3, -0.25) is 0 Å². The van der Waals surface area contributed by atoms with E-state index in [1.807, 2.05) is 4.90 Å². The monoisotopic (exact) mass is 268 g/mol. The summed E-state index contributed by atoms with van der Waals surface area (Å²) in [5.74, 6) is 0.553. The molecule has 0 radical (unpaired) electrons. The van der Waals surface area contributed by atoms with Gasteiger partial charge in [0.15, 0.2) is 5.82 Å². The number of nitrogens with one attached hydrogen (secondary N) is 1. The molecule has 1 aromatic rings. The molecule has 1 N–H and O–H groups in total. The van der Waals surface area contributed by atoms with Gasteiger partial charge in [-0.1, -0.05) is 0 Å². The van der Waals surface area contributed by atoms with Crippen LogP contribution in [0.25, 0.3) is 0 Å². The Labute approximate surface area is 111 Å². The predicted octanol–water partition coefficient (Wildman–Crippen LogP) is 1.19. The van der Waals surface area contributed by atoms with Crippen LogP contribution in [0.2, 0.25) is 0 Å². The van der Waals surface area contributed by atoms with E-state index in [4.69, 9.17) is 0 Å². The summed E-state index contributed by atoms with van der Waals surface area (Å²) >= 11 is 0. The van der Waals surface area contributed by atoms with Gasteiger partial charge in [-0.15, -0.1) is 0 Å². The van der Waals surface area contributed by atoms with Crippen LogP contribution >= 0.6 is 0 Å².